The van der Waals surface area contributed by atoms with E-state index in [0.29, 0.717) is 16.9 Å². The standard InChI is InChI=1S/C23H24FN5/c24-20-16-8-1-3-10-18(16)26-21(20)23-27-19-11-4-2-9-17(19)22(28-23)25-12-7-15-29-13-5-6-14-29/h1-4,8-11,26H,5-7,12-15H2,(H,25,27,28). The van der Waals surface area contributed by atoms with E-state index in [1.807, 2.05) is 42.5 Å². The van der Waals surface area contributed by atoms with Crippen molar-refractivity contribution in [3.8, 4) is 11.5 Å². The van der Waals surface area contributed by atoms with E-state index in [2.05, 4.69) is 25.2 Å². The Morgan fingerprint density at radius 2 is 1.72 bits per heavy atom. The van der Waals surface area contributed by atoms with Crippen LogP contribution in [0.4, 0.5) is 10.2 Å². The van der Waals surface area contributed by atoms with Gasteiger partial charge in [-0.3, -0.25) is 0 Å². The second-order valence-electron chi connectivity index (χ2n) is 7.60. The zero-order valence-electron chi connectivity index (χ0n) is 16.3. The van der Waals surface area contributed by atoms with Gasteiger partial charge in [-0.1, -0.05) is 24.3 Å². The zero-order chi connectivity index (χ0) is 19.6. The Balaban J connectivity index is 1.45. The molecule has 0 saturated carbocycles. The minimum absolute atomic E-state index is 0.309. The molecule has 1 fully saturated rings. The Bertz CT molecular complexity index is 1150. The van der Waals surface area contributed by atoms with Crippen molar-refractivity contribution in [1.82, 2.24) is 19.9 Å². The molecule has 2 aromatic heterocycles. The van der Waals surface area contributed by atoms with Crippen LogP contribution in [0.15, 0.2) is 48.5 Å². The van der Waals surface area contributed by atoms with Crippen LogP contribution < -0.4 is 5.32 Å². The van der Waals surface area contributed by atoms with E-state index in [1.54, 1.807) is 6.07 Å². The summed E-state index contributed by atoms with van der Waals surface area (Å²) in [5, 5.41) is 4.97. The maximum Gasteiger partial charge on any atom is 0.181 e. The SMILES string of the molecule is Fc1c(-c2nc(NCCCN3CCCC3)c3ccccc3n2)[nH]c2ccccc12. The first kappa shape index (κ1) is 18.1. The van der Waals surface area contributed by atoms with Gasteiger partial charge < -0.3 is 15.2 Å². The number of anilines is 1. The lowest BCUT2D eigenvalue weighted by Crippen LogP contribution is -2.22. The summed E-state index contributed by atoms with van der Waals surface area (Å²) >= 11 is 0. The van der Waals surface area contributed by atoms with Crippen molar-refractivity contribution < 1.29 is 4.39 Å². The first-order valence-electron chi connectivity index (χ1n) is 10.3. The predicted octanol–water partition coefficient (Wildman–Crippen LogP) is 4.82. The van der Waals surface area contributed by atoms with Crippen LogP contribution in [0.5, 0.6) is 0 Å². The van der Waals surface area contributed by atoms with E-state index in [0.717, 1.165) is 41.7 Å². The molecular formula is C23H24FN5. The Hall–Kier alpha value is -2.99. The number of aromatic nitrogens is 3. The number of likely N-dealkylation sites (tertiary alicyclic amines) is 1. The monoisotopic (exact) mass is 389 g/mol. The number of nitrogens with zero attached hydrogens (tertiary/aromatic N) is 3. The van der Waals surface area contributed by atoms with Gasteiger partial charge in [-0.15, -0.1) is 0 Å². The molecule has 6 heteroatoms. The van der Waals surface area contributed by atoms with Gasteiger partial charge in [0.15, 0.2) is 11.6 Å². The third-order valence-corrected chi connectivity index (χ3v) is 5.61. The molecule has 29 heavy (non-hydrogen) atoms. The average Bonchev–Trinajstić information content (AvgIpc) is 3.39. The fourth-order valence-corrected chi connectivity index (χ4v) is 4.10. The molecule has 5 rings (SSSR count). The summed E-state index contributed by atoms with van der Waals surface area (Å²) in [6.07, 6.45) is 3.67. The highest BCUT2D eigenvalue weighted by atomic mass is 19.1. The molecule has 2 aromatic carbocycles. The zero-order valence-corrected chi connectivity index (χ0v) is 16.3. The van der Waals surface area contributed by atoms with E-state index in [1.165, 1.54) is 25.9 Å². The summed E-state index contributed by atoms with van der Waals surface area (Å²) in [7, 11) is 0. The number of aromatic amines is 1. The van der Waals surface area contributed by atoms with Crippen LogP contribution in [0.25, 0.3) is 33.3 Å². The first-order valence-corrected chi connectivity index (χ1v) is 10.3. The third kappa shape index (κ3) is 3.56. The highest BCUT2D eigenvalue weighted by Gasteiger charge is 2.17. The smallest absolute Gasteiger partial charge is 0.181 e. The van der Waals surface area contributed by atoms with Crippen molar-refractivity contribution in [3.05, 3.63) is 54.3 Å². The van der Waals surface area contributed by atoms with Crippen molar-refractivity contribution >= 4 is 27.6 Å². The fraction of sp³-hybridized carbons (Fsp3) is 0.304. The summed E-state index contributed by atoms with van der Waals surface area (Å²) in [5.74, 6) is 0.820. The molecule has 148 valence electrons. The minimum Gasteiger partial charge on any atom is -0.369 e. The number of fused-ring (bicyclic) bond motifs is 2. The van der Waals surface area contributed by atoms with Crippen molar-refractivity contribution in [2.45, 2.75) is 19.3 Å². The lowest BCUT2D eigenvalue weighted by atomic mass is 10.2. The van der Waals surface area contributed by atoms with Crippen LogP contribution in [0.1, 0.15) is 19.3 Å². The summed E-state index contributed by atoms with van der Waals surface area (Å²) in [6, 6.07) is 15.2. The number of hydrogen-bond donors (Lipinski definition) is 2. The molecule has 1 aliphatic heterocycles. The molecule has 0 atom stereocenters. The second-order valence-corrected chi connectivity index (χ2v) is 7.60. The van der Waals surface area contributed by atoms with Gasteiger partial charge in [0.05, 0.1) is 5.52 Å². The Labute approximate surface area is 169 Å². The van der Waals surface area contributed by atoms with Crippen LogP contribution in [0, 0.1) is 5.82 Å². The summed E-state index contributed by atoms with van der Waals surface area (Å²) < 4.78 is 15.0. The van der Waals surface area contributed by atoms with Crippen molar-refractivity contribution in [2.75, 3.05) is 31.5 Å². The highest BCUT2D eigenvalue weighted by molar-refractivity contribution is 5.92. The van der Waals surface area contributed by atoms with E-state index >= 15 is 0 Å². The number of hydrogen-bond acceptors (Lipinski definition) is 4. The topological polar surface area (TPSA) is 56.8 Å². The first-order chi connectivity index (χ1) is 14.3. The molecule has 5 nitrogen and oxygen atoms in total. The molecule has 0 amide bonds. The van der Waals surface area contributed by atoms with Gasteiger partial charge in [-0.25, -0.2) is 14.4 Å². The molecule has 1 saturated heterocycles. The van der Waals surface area contributed by atoms with Crippen molar-refractivity contribution in [2.24, 2.45) is 0 Å². The van der Waals surface area contributed by atoms with E-state index in [9.17, 15) is 4.39 Å². The predicted molar refractivity (Wildman–Crippen MR) is 116 cm³/mol. The van der Waals surface area contributed by atoms with E-state index in [4.69, 9.17) is 0 Å². The maximum atomic E-state index is 15.0. The molecule has 0 spiro atoms. The van der Waals surface area contributed by atoms with Gasteiger partial charge in [0, 0.05) is 22.8 Å². The Morgan fingerprint density at radius 1 is 0.966 bits per heavy atom. The number of benzene rings is 2. The van der Waals surface area contributed by atoms with Gasteiger partial charge in [-0.05, 0) is 63.2 Å². The Morgan fingerprint density at radius 3 is 2.55 bits per heavy atom. The van der Waals surface area contributed by atoms with Crippen LogP contribution in [0.2, 0.25) is 0 Å². The molecular weight excluding hydrogens is 365 g/mol. The molecule has 0 unspecified atom stereocenters. The molecule has 3 heterocycles. The van der Waals surface area contributed by atoms with E-state index < -0.39 is 0 Å². The van der Waals surface area contributed by atoms with Crippen LogP contribution in [0.3, 0.4) is 0 Å². The number of para-hydroxylation sites is 2. The average molecular weight is 389 g/mol. The number of nitrogens with one attached hydrogen (secondary N) is 2. The van der Waals surface area contributed by atoms with Crippen molar-refractivity contribution in [3.63, 3.8) is 0 Å². The van der Waals surface area contributed by atoms with Gasteiger partial charge in [0.1, 0.15) is 11.5 Å². The largest absolute Gasteiger partial charge is 0.369 e. The number of rotatable bonds is 6. The van der Waals surface area contributed by atoms with Gasteiger partial charge in [-0.2, -0.15) is 0 Å². The van der Waals surface area contributed by atoms with Gasteiger partial charge in [0.2, 0.25) is 0 Å². The Kier molecular flexibility index (Phi) is 4.86. The molecule has 1 aliphatic rings. The van der Waals surface area contributed by atoms with Crippen molar-refractivity contribution in [1.29, 1.82) is 0 Å². The lowest BCUT2D eigenvalue weighted by Gasteiger charge is -2.15. The normalized spacial score (nSPS) is 14.8. The molecule has 2 N–H and O–H groups in total. The molecule has 0 aliphatic carbocycles. The van der Waals surface area contributed by atoms with Crippen LogP contribution >= 0.6 is 0 Å². The maximum absolute atomic E-state index is 15.0. The number of halogens is 1. The van der Waals surface area contributed by atoms with Gasteiger partial charge >= 0.3 is 0 Å². The van der Waals surface area contributed by atoms with Crippen LogP contribution in [-0.2, 0) is 0 Å². The third-order valence-electron chi connectivity index (χ3n) is 5.61. The van der Waals surface area contributed by atoms with Gasteiger partial charge in [0.25, 0.3) is 0 Å². The van der Waals surface area contributed by atoms with Crippen LogP contribution in [-0.4, -0.2) is 46.0 Å². The van der Waals surface area contributed by atoms with E-state index in [-0.39, 0.29) is 5.82 Å². The molecule has 0 bridgehead atoms. The second kappa shape index (κ2) is 7.79. The number of H-pyrrole nitrogens is 1. The highest BCUT2D eigenvalue weighted by Crippen LogP contribution is 2.29. The lowest BCUT2D eigenvalue weighted by molar-refractivity contribution is 0.337. The molecule has 0 radical (unpaired) electrons. The molecule has 4 aromatic rings. The summed E-state index contributed by atoms with van der Waals surface area (Å²) in [5.41, 5.74) is 1.88. The quantitative estimate of drug-likeness (QED) is 0.465. The minimum atomic E-state index is -0.309. The summed E-state index contributed by atoms with van der Waals surface area (Å²) in [4.78, 5) is 15.0. The summed E-state index contributed by atoms with van der Waals surface area (Å²) in [6.45, 7) is 4.34. The fourth-order valence-electron chi connectivity index (χ4n) is 4.10.